The van der Waals surface area contributed by atoms with Gasteiger partial charge >= 0.3 is 23.9 Å². The number of aliphatic hydroxyl groups is 3. The number of carbonyl (C=O) groups is 4. The van der Waals surface area contributed by atoms with E-state index in [2.05, 4.69) is 0 Å². The molecule has 0 aromatic heterocycles. The van der Waals surface area contributed by atoms with Gasteiger partial charge in [0.15, 0.2) is 0 Å². The minimum absolute atomic E-state index is 0.0204. The van der Waals surface area contributed by atoms with Crippen LogP contribution in [0, 0.1) is 0 Å². The van der Waals surface area contributed by atoms with Crippen molar-refractivity contribution < 1.29 is 69.1 Å². The molecule has 0 amide bonds. The molecular formula is C34H56N4O14. The van der Waals surface area contributed by atoms with Gasteiger partial charge in [-0.15, -0.1) is 0 Å². The number of rotatable bonds is 23. The molecule has 18 nitrogen and oxygen atoms in total. The normalized spacial score (nSPS) is 18.4. The van der Waals surface area contributed by atoms with Gasteiger partial charge in [0, 0.05) is 59.0 Å². The van der Waals surface area contributed by atoms with Crippen molar-refractivity contribution in [2.45, 2.75) is 50.4 Å². The first-order chi connectivity index (χ1) is 25.0. The van der Waals surface area contributed by atoms with Crippen LogP contribution in [0.25, 0.3) is 0 Å². The SMILES string of the molecule is CCOCCOCCOc1ccc(CCC[C@H](C(=O)O)N2CCN([C@H](CO)C(=O)O)CCN([C@H](CO)C(=O)O)CCN([C@H](CO)C(=O)O)CC2)cc1. The lowest BCUT2D eigenvalue weighted by molar-refractivity contribution is -0.149. The predicted octanol–water partition coefficient (Wildman–Crippen LogP) is -1.55. The zero-order valence-electron chi connectivity index (χ0n) is 29.8. The summed E-state index contributed by atoms with van der Waals surface area (Å²) in [5.41, 5.74) is 0.960. The number of aliphatic hydroxyl groups excluding tert-OH is 3. The first-order valence-corrected chi connectivity index (χ1v) is 17.5. The van der Waals surface area contributed by atoms with Crippen LogP contribution in [0.1, 0.15) is 25.3 Å². The first kappa shape index (κ1) is 44.7. The summed E-state index contributed by atoms with van der Waals surface area (Å²) in [4.78, 5) is 54.6. The minimum Gasteiger partial charge on any atom is -0.491 e. The Hall–Kier alpha value is -3.46. The topological polar surface area (TPSA) is 251 Å². The molecule has 18 heteroatoms. The highest BCUT2D eigenvalue weighted by Crippen LogP contribution is 2.17. The van der Waals surface area contributed by atoms with Gasteiger partial charge in [0.25, 0.3) is 0 Å². The standard InChI is InChI=1S/C34H56N4O14/c1-2-50-18-19-51-20-21-52-26-8-6-25(7-9-26)4-3-5-27(31(42)43)35-10-12-36(28(22-39)32(44)45)14-16-38(30(24-41)34(48)49)17-15-37(13-11-35)29(23-40)33(46)47/h6-9,27-30,39-41H,2-5,10-24H2,1H3,(H,42,43)(H,44,45)(H,46,47)(H,48,49)/t27-,28-,29-,30-/m1/s1. The number of ether oxygens (including phenoxy) is 3. The van der Waals surface area contributed by atoms with Crippen LogP contribution in [-0.2, 0) is 35.1 Å². The van der Waals surface area contributed by atoms with Crippen LogP contribution < -0.4 is 4.74 Å². The number of carboxylic acids is 4. The fourth-order valence-electron chi connectivity index (χ4n) is 6.07. The first-order valence-electron chi connectivity index (χ1n) is 17.5. The summed E-state index contributed by atoms with van der Waals surface area (Å²) < 4.78 is 16.4. The second-order valence-electron chi connectivity index (χ2n) is 12.3. The van der Waals surface area contributed by atoms with Crippen molar-refractivity contribution in [1.29, 1.82) is 0 Å². The van der Waals surface area contributed by atoms with Gasteiger partial charge in [0.2, 0.25) is 0 Å². The maximum Gasteiger partial charge on any atom is 0.323 e. The molecule has 4 atom stereocenters. The van der Waals surface area contributed by atoms with Crippen LogP contribution in [0.15, 0.2) is 24.3 Å². The third-order valence-electron chi connectivity index (χ3n) is 9.06. The van der Waals surface area contributed by atoms with Crippen molar-refractivity contribution >= 4 is 23.9 Å². The van der Waals surface area contributed by atoms with Crippen LogP contribution in [0.4, 0.5) is 0 Å². The fourth-order valence-corrected chi connectivity index (χ4v) is 6.07. The van der Waals surface area contributed by atoms with E-state index in [4.69, 9.17) is 14.2 Å². The highest BCUT2D eigenvalue weighted by molar-refractivity contribution is 5.75. The lowest BCUT2D eigenvalue weighted by Gasteiger charge is -2.39. The van der Waals surface area contributed by atoms with Crippen molar-refractivity contribution in [3.8, 4) is 5.75 Å². The largest absolute Gasteiger partial charge is 0.491 e. The second kappa shape index (κ2) is 24.7. The van der Waals surface area contributed by atoms with E-state index in [1.807, 2.05) is 31.2 Å². The summed E-state index contributed by atoms with van der Waals surface area (Å²) in [6, 6.07) is 2.29. The van der Waals surface area contributed by atoms with E-state index in [0.29, 0.717) is 51.6 Å². The smallest absolute Gasteiger partial charge is 0.323 e. The van der Waals surface area contributed by atoms with E-state index >= 15 is 0 Å². The number of benzene rings is 1. The van der Waals surface area contributed by atoms with Crippen LogP contribution in [0.2, 0.25) is 0 Å². The van der Waals surface area contributed by atoms with Gasteiger partial charge in [-0.3, -0.25) is 38.8 Å². The maximum atomic E-state index is 12.7. The molecule has 0 bridgehead atoms. The van der Waals surface area contributed by atoms with Gasteiger partial charge < -0.3 is 50.0 Å². The predicted molar refractivity (Wildman–Crippen MR) is 185 cm³/mol. The molecule has 296 valence electrons. The molecule has 1 heterocycles. The Morgan fingerprint density at radius 2 is 0.942 bits per heavy atom. The monoisotopic (exact) mass is 744 g/mol. The molecule has 1 aromatic rings. The van der Waals surface area contributed by atoms with Crippen molar-refractivity contribution in [3.05, 3.63) is 29.8 Å². The molecule has 0 unspecified atom stereocenters. The summed E-state index contributed by atoms with van der Waals surface area (Å²) in [7, 11) is 0. The van der Waals surface area contributed by atoms with Crippen LogP contribution in [0.3, 0.4) is 0 Å². The van der Waals surface area contributed by atoms with E-state index < -0.39 is 67.9 Å². The number of aliphatic carboxylic acids is 4. The molecule has 1 saturated heterocycles. The summed E-state index contributed by atoms with van der Waals surface area (Å²) in [6.07, 6.45) is 1.24. The maximum absolute atomic E-state index is 12.7. The minimum atomic E-state index is -1.38. The fraction of sp³-hybridized carbons (Fsp3) is 0.706. The van der Waals surface area contributed by atoms with Gasteiger partial charge in [0.1, 0.15) is 36.5 Å². The van der Waals surface area contributed by atoms with Crippen LogP contribution in [0.5, 0.6) is 5.75 Å². The molecule has 0 aliphatic carbocycles. The lowest BCUT2D eigenvalue weighted by Crippen LogP contribution is -2.57. The molecule has 2 rings (SSSR count). The van der Waals surface area contributed by atoms with E-state index in [9.17, 15) is 54.9 Å². The zero-order valence-corrected chi connectivity index (χ0v) is 29.8. The highest BCUT2D eigenvalue weighted by atomic mass is 16.5. The molecule has 1 aliphatic heterocycles. The average molecular weight is 745 g/mol. The molecule has 7 N–H and O–H groups in total. The van der Waals surface area contributed by atoms with Crippen molar-refractivity contribution in [1.82, 2.24) is 19.6 Å². The Labute approximate surface area is 303 Å². The second-order valence-corrected chi connectivity index (χ2v) is 12.3. The summed E-state index contributed by atoms with van der Waals surface area (Å²) in [5, 5.41) is 69.5. The van der Waals surface area contributed by atoms with Gasteiger partial charge in [-0.05, 0) is 43.9 Å². The van der Waals surface area contributed by atoms with Gasteiger partial charge in [-0.25, -0.2) is 0 Å². The van der Waals surface area contributed by atoms with Crippen molar-refractivity contribution in [3.63, 3.8) is 0 Å². The van der Waals surface area contributed by atoms with Gasteiger partial charge in [-0.2, -0.15) is 0 Å². The summed E-state index contributed by atoms with van der Waals surface area (Å²) >= 11 is 0. The third-order valence-corrected chi connectivity index (χ3v) is 9.06. The molecule has 0 saturated carbocycles. The number of carboxylic acid groups (broad SMARTS) is 4. The van der Waals surface area contributed by atoms with Crippen molar-refractivity contribution in [2.24, 2.45) is 0 Å². The van der Waals surface area contributed by atoms with E-state index in [-0.39, 0.29) is 58.8 Å². The molecule has 1 fully saturated rings. The Kier molecular flexibility index (Phi) is 21.2. The molecule has 0 spiro atoms. The van der Waals surface area contributed by atoms with E-state index in [0.717, 1.165) is 5.56 Å². The Balaban J connectivity index is 2.22. The number of hydrogen-bond donors (Lipinski definition) is 7. The van der Waals surface area contributed by atoms with Crippen molar-refractivity contribution in [2.75, 3.05) is 105 Å². The molecule has 0 radical (unpaired) electrons. The molecule has 52 heavy (non-hydrogen) atoms. The summed E-state index contributed by atoms with van der Waals surface area (Å²) in [6.45, 7) is 1.81. The highest BCUT2D eigenvalue weighted by Gasteiger charge is 2.34. The average Bonchev–Trinajstić information content (AvgIpc) is 3.10. The Bertz CT molecular complexity index is 1170. The van der Waals surface area contributed by atoms with Gasteiger partial charge in [-0.1, -0.05) is 12.1 Å². The molecule has 1 aliphatic rings. The lowest BCUT2D eigenvalue weighted by atomic mass is 10.0. The number of hydrogen-bond acceptors (Lipinski definition) is 14. The Morgan fingerprint density at radius 3 is 1.31 bits per heavy atom. The van der Waals surface area contributed by atoms with E-state index in [1.165, 1.54) is 14.7 Å². The Morgan fingerprint density at radius 1 is 0.577 bits per heavy atom. The number of nitrogens with zero attached hydrogens (tertiary/aromatic N) is 4. The third kappa shape index (κ3) is 15.3. The molecule has 1 aromatic carbocycles. The van der Waals surface area contributed by atoms with Crippen LogP contribution in [-0.4, -0.2) is 209 Å². The van der Waals surface area contributed by atoms with Crippen LogP contribution >= 0.6 is 0 Å². The summed E-state index contributed by atoms with van der Waals surface area (Å²) in [5.74, 6) is -4.43. The number of aryl methyl sites for hydroxylation is 1. The quantitative estimate of drug-likeness (QED) is 0.0627. The molecular weight excluding hydrogens is 688 g/mol. The van der Waals surface area contributed by atoms with E-state index in [1.54, 1.807) is 4.90 Å². The zero-order chi connectivity index (χ0) is 38.5. The van der Waals surface area contributed by atoms with Gasteiger partial charge in [0.05, 0.1) is 39.6 Å².